The van der Waals surface area contributed by atoms with Crippen molar-refractivity contribution in [2.75, 3.05) is 6.54 Å². The molecule has 1 amide bonds. The van der Waals surface area contributed by atoms with E-state index in [-0.39, 0.29) is 5.41 Å². The van der Waals surface area contributed by atoms with Gasteiger partial charge in [-0.2, -0.15) is 0 Å². The number of carbonyl (C=O) groups excluding carboxylic acids is 2. The first-order valence-corrected chi connectivity index (χ1v) is 5.82. The molecule has 17 heavy (non-hydrogen) atoms. The molecule has 1 N–H and O–H groups in total. The Labute approximate surface area is 102 Å². The average Bonchev–Trinajstić information content (AvgIpc) is 2.36. The first-order valence-electron chi connectivity index (χ1n) is 5.82. The van der Waals surface area contributed by atoms with Crippen LogP contribution in [0.3, 0.4) is 0 Å². The van der Waals surface area contributed by atoms with Crippen LogP contribution in [0.4, 0.5) is 0 Å². The van der Waals surface area contributed by atoms with Crippen molar-refractivity contribution >= 4 is 12.2 Å². The number of hydrogen-bond donors (Lipinski definition) is 1. The maximum Gasteiger partial charge on any atom is 0.284 e. The normalized spacial score (nSPS) is 11.0. The standard InChI is InChI=1S/C14H19NO2/c1-4-11-5-7-12(8-6-11)14(2,3)10-15-13(17)9-16/h5-9H,4,10H2,1-3H3,(H,15,17). The van der Waals surface area contributed by atoms with Crippen molar-refractivity contribution in [3.05, 3.63) is 35.4 Å². The molecule has 0 fully saturated rings. The Morgan fingerprint density at radius 1 is 1.29 bits per heavy atom. The van der Waals surface area contributed by atoms with E-state index in [0.717, 1.165) is 12.0 Å². The summed E-state index contributed by atoms with van der Waals surface area (Å²) < 4.78 is 0. The van der Waals surface area contributed by atoms with Crippen molar-refractivity contribution < 1.29 is 9.59 Å². The lowest BCUT2D eigenvalue weighted by Gasteiger charge is -2.25. The lowest BCUT2D eigenvalue weighted by Crippen LogP contribution is -2.37. The highest BCUT2D eigenvalue weighted by Gasteiger charge is 2.21. The van der Waals surface area contributed by atoms with Gasteiger partial charge in [0.15, 0.2) is 0 Å². The molecule has 0 saturated heterocycles. The minimum Gasteiger partial charge on any atom is -0.349 e. The quantitative estimate of drug-likeness (QED) is 0.623. The van der Waals surface area contributed by atoms with E-state index in [1.165, 1.54) is 5.56 Å². The molecular weight excluding hydrogens is 214 g/mol. The van der Waals surface area contributed by atoms with Crippen molar-refractivity contribution in [1.82, 2.24) is 5.32 Å². The Morgan fingerprint density at radius 3 is 2.35 bits per heavy atom. The van der Waals surface area contributed by atoms with Crippen LogP contribution in [-0.2, 0) is 21.4 Å². The number of nitrogens with one attached hydrogen (secondary N) is 1. The Kier molecular flexibility index (Phi) is 4.44. The molecule has 0 unspecified atom stereocenters. The molecule has 0 spiro atoms. The fourth-order valence-electron chi connectivity index (χ4n) is 1.64. The highest BCUT2D eigenvalue weighted by molar-refractivity contribution is 6.23. The highest BCUT2D eigenvalue weighted by atomic mass is 16.2. The molecule has 0 aliphatic rings. The Bertz CT molecular complexity index is 393. The van der Waals surface area contributed by atoms with E-state index < -0.39 is 5.91 Å². The molecule has 1 rings (SSSR count). The summed E-state index contributed by atoms with van der Waals surface area (Å²) in [6.07, 6.45) is 1.32. The largest absolute Gasteiger partial charge is 0.349 e. The summed E-state index contributed by atoms with van der Waals surface area (Å²) in [6, 6.07) is 8.34. The van der Waals surface area contributed by atoms with E-state index in [2.05, 4.69) is 36.5 Å². The first-order chi connectivity index (χ1) is 7.99. The topological polar surface area (TPSA) is 46.2 Å². The molecule has 0 heterocycles. The SMILES string of the molecule is CCc1ccc(C(C)(C)CNC(=O)C=O)cc1. The zero-order chi connectivity index (χ0) is 12.9. The Balaban J connectivity index is 2.73. The van der Waals surface area contributed by atoms with Gasteiger partial charge in [-0.1, -0.05) is 45.0 Å². The highest BCUT2D eigenvalue weighted by Crippen LogP contribution is 2.22. The van der Waals surface area contributed by atoms with Gasteiger partial charge in [0.05, 0.1) is 0 Å². The molecule has 1 aromatic rings. The third-order valence-corrected chi connectivity index (χ3v) is 2.96. The van der Waals surface area contributed by atoms with Crippen molar-refractivity contribution in [2.45, 2.75) is 32.6 Å². The zero-order valence-electron chi connectivity index (χ0n) is 10.6. The van der Waals surface area contributed by atoms with Crippen molar-refractivity contribution in [3.8, 4) is 0 Å². The van der Waals surface area contributed by atoms with Gasteiger partial charge in [-0.15, -0.1) is 0 Å². The van der Waals surface area contributed by atoms with Crippen molar-refractivity contribution in [2.24, 2.45) is 0 Å². The maximum absolute atomic E-state index is 10.9. The third kappa shape index (κ3) is 3.70. The first kappa shape index (κ1) is 13.4. The van der Waals surface area contributed by atoms with E-state index in [1.54, 1.807) is 0 Å². The van der Waals surface area contributed by atoms with Crippen molar-refractivity contribution in [1.29, 1.82) is 0 Å². The predicted octanol–water partition coefficient (Wildman–Crippen LogP) is 1.84. The van der Waals surface area contributed by atoms with Gasteiger partial charge in [0.25, 0.3) is 5.91 Å². The molecule has 3 heteroatoms. The number of hydrogen-bond acceptors (Lipinski definition) is 2. The lowest BCUT2D eigenvalue weighted by molar-refractivity contribution is -0.131. The van der Waals surface area contributed by atoms with Crippen LogP contribution in [0.1, 0.15) is 31.9 Å². The maximum atomic E-state index is 10.9. The summed E-state index contributed by atoms with van der Waals surface area (Å²) >= 11 is 0. The van der Waals surface area contributed by atoms with Gasteiger partial charge in [0.1, 0.15) is 0 Å². The summed E-state index contributed by atoms with van der Waals surface area (Å²) in [7, 11) is 0. The minimum atomic E-state index is -0.566. The van der Waals surface area contributed by atoms with E-state index in [0.29, 0.717) is 12.8 Å². The van der Waals surface area contributed by atoms with Crippen LogP contribution in [0.25, 0.3) is 0 Å². The molecule has 0 aromatic heterocycles. The second kappa shape index (κ2) is 5.62. The number of amides is 1. The molecule has 92 valence electrons. The molecule has 0 aliphatic heterocycles. The summed E-state index contributed by atoms with van der Waals surface area (Å²) in [5, 5.41) is 2.59. The van der Waals surface area contributed by atoms with Gasteiger partial charge in [0, 0.05) is 12.0 Å². The predicted molar refractivity (Wildman–Crippen MR) is 67.9 cm³/mol. The molecular formula is C14H19NO2. The number of rotatable bonds is 5. The van der Waals surface area contributed by atoms with Gasteiger partial charge >= 0.3 is 0 Å². The van der Waals surface area contributed by atoms with Gasteiger partial charge in [-0.25, -0.2) is 0 Å². The fourth-order valence-corrected chi connectivity index (χ4v) is 1.64. The summed E-state index contributed by atoms with van der Waals surface area (Å²) in [4.78, 5) is 21.1. The van der Waals surface area contributed by atoms with Gasteiger partial charge in [-0.3, -0.25) is 9.59 Å². The van der Waals surface area contributed by atoms with E-state index in [1.807, 2.05) is 13.8 Å². The Hall–Kier alpha value is -1.64. The zero-order valence-corrected chi connectivity index (χ0v) is 10.6. The third-order valence-electron chi connectivity index (χ3n) is 2.96. The number of aryl methyl sites for hydroxylation is 1. The van der Waals surface area contributed by atoms with E-state index in [4.69, 9.17) is 0 Å². The van der Waals surface area contributed by atoms with E-state index >= 15 is 0 Å². The van der Waals surface area contributed by atoms with Crippen LogP contribution in [0.15, 0.2) is 24.3 Å². The fraction of sp³-hybridized carbons (Fsp3) is 0.429. The van der Waals surface area contributed by atoms with Crippen LogP contribution in [0, 0.1) is 0 Å². The van der Waals surface area contributed by atoms with Crippen LogP contribution in [0.5, 0.6) is 0 Å². The molecule has 3 nitrogen and oxygen atoms in total. The smallest absolute Gasteiger partial charge is 0.284 e. The lowest BCUT2D eigenvalue weighted by atomic mass is 9.84. The average molecular weight is 233 g/mol. The summed E-state index contributed by atoms with van der Waals surface area (Å²) in [5.74, 6) is -0.566. The monoisotopic (exact) mass is 233 g/mol. The minimum absolute atomic E-state index is 0.176. The summed E-state index contributed by atoms with van der Waals surface area (Å²) in [6.45, 7) is 6.65. The van der Waals surface area contributed by atoms with Crippen LogP contribution in [0.2, 0.25) is 0 Å². The number of benzene rings is 1. The Morgan fingerprint density at radius 2 is 1.88 bits per heavy atom. The van der Waals surface area contributed by atoms with Crippen molar-refractivity contribution in [3.63, 3.8) is 0 Å². The molecule has 0 aliphatic carbocycles. The van der Waals surface area contributed by atoms with Gasteiger partial charge in [0.2, 0.25) is 6.29 Å². The molecule has 0 atom stereocenters. The summed E-state index contributed by atoms with van der Waals surface area (Å²) in [5.41, 5.74) is 2.27. The molecule has 0 radical (unpaired) electrons. The second-order valence-electron chi connectivity index (χ2n) is 4.77. The van der Waals surface area contributed by atoms with Gasteiger partial charge in [-0.05, 0) is 17.5 Å². The number of carbonyl (C=O) groups is 2. The van der Waals surface area contributed by atoms with Crippen LogP contribution < -0.4 is 5.32 Å². The van der Waals surface area contributed by atoms with E-state index in [9.17, 15) is 9.59 Å². The van der Waals surface area contributed by atoms with Gasteiger partial charge < -0.3 is 5.32 Å². The number of aldehydes is 1. The molecule has 0 saturated carbocycles. The van der Waals surface area contributed by atoms with Crippen LogP contribution in [-0.4, -0.2) is 18.7 Å². The van der Waals surface area contributed by atoms with Crippen LogP contribution >= 0.6 is 0 Å². The molecule has 0 bridgehead atoms. The second-order valence-corrected chi connectivity index (χ2v) is 4.77. The molecule has 1 aromatic carbocycles.